The zero-order chi connectivity index (χ0) is 35.8. The molecule has 0 spiro atoms. The van der Waals surface area contributed by atoms with Gasteiger partial charge in [0.1, 0.15) is 23.5 Å². The number of halogens is 4. The van der Waals surface area contributed by atoms with Crippen molar-refractivity contribution < 1.29 is 56.8 Å². The molecule has 4 fully saturated rings. The first kappa shape index (κ1) is 33.6. The average Bonchev–Trinajstić information content (AvgIpc) is 3.39. The van der Waals surface area contributed by atoms with Crippen molar-refractivity contribution in [2.45, 2.75) is 62.5 Å². The van der Waals surface area contributed by atoms with Crippen molar-refractivity contribution >= 4 is 24.0 Å². The van der Waals surface area contributed by atoms with E-state index in [0.29, 0.717) is 0 Å². The van der Waals surface area contributed by atoms with Crippen LogP contribution in [0.15, 0.2) is 72.8 Å². The van der Waals surface area contributed by atoms with E-state index < -0.39 is 90.2 Å². The summed E-state index contributed by atoms with van der Waals surface area (Å²) in [7, 11) is 0. The average molecular weight is 696 g/mol. The maximum Gasteiger partial charge on any atom is 0.410 e. The molecule has 9 nitrogen and oxygen atoms in total. The highest BCUT2D eigenvalue weighted by Crippen LogP contribution is 2.75. The van der Waals surface area contributed by atoms with Crippen LogP contribution in [0.1, 0.15) is 53.9 Å². The Morgan fingerprint density at radius 2 is 1.20 bits per heavy atom. The first-order chi connectivity index (χ1) is 23.6. The van der Waals surface area contributed by atoms with Crippen LogP contribution in [0.2, 0.25) is 0 Å². The summed E-state index contributed by atoms with van der Waals surface area (Å²) in [5, 5.41) is 28.0. The molecule has 3 aromatic rings. The fraction of sp³-hybridized carbons (Fsp3) is 0.405. The van der Waals surface area contributed by atoms with Gasteiger partial charge in [0.05, 0.1) is 6.54 Å². The third kappa shape index (κ3) is 4.72. The van der Waals surface area contributed by atoms with Gasteiger partial charge in [-0.05, 0) is 59.1 Å². The number of alkyl halides is 4. The van der Waals surface area contributed by atoms with E-state index in [1.54, 1.807) is 0 Å². The summed E-state index contributed by atoms with van der Waals surface area (Å²) in [4.78, 5) is 48.7. The van der Waals surface area contributed by atoms with Gasteiger partial charge < -0.3 is 20.1 Å². The van der Waals surface area contributed by atoms with Gasteiger partial charge >= 0.3 is 24.0 Å². The van der Waals surface area contributed by atoms with Crippen LogP contribution in [0.5, 0.6) is 0 Å². The highest BCUT2D eigenvalue weighted by Gasteiger charge is 2.84. The number of ether oxygens (including phenoxy) is 1. The first-order valence-electron chi connectivity index (χ1n) is 16.3. The summed E-state index contributed by atoms with van der Waals surface area (Å²) in [6.45, 7) is 0.418. The number of hydrogen-bond acceptors (Lipinski definition) is 5. The van der Waals surface area contributed by atoms with Gasteiger partial charge in [-0.1, -0.05) is 72.8 Å². The number of amides is 1. The van der Waals surface area contributed by atoms with Gasteiger partial charge in [0.25, 0.3) is 11.8 Å². The molecule has 4 saturated carbocycles. The summed E-state index contributed by atoms with van der Waals surface area (Å²) in [5.41, 5.74) is 1.14. The predicted molar refractivity (Wildman–Crippen MR) is 168 cm³/mol. The Balaban J connectivity index is 0.000000170. The minimum atomic E-state index is -3.65. The number of carboxylic acid groups (broad SMARTS) is 3. The lowest BCUT2D eigenvalue weighted by atomic mass is 9.41. The lowest BCUT2D eigenvalue weighted by molar-refractivity contribution is -0.337. The zero-order valence-corrected chi connectivity index (χ0v) is 26.5. The largest absolute Gasteiger partial charge is 0.481 e. The maximum absolute atomic E-state index is 14.3. The summed E-state index contributed by atoms with van der Waals surface area (Å²) in [5.74, 6) is -15.3. The molecule has 0 saturated heterocycles. The maximum atomic E-state index is 14.3. The fourth-order valence-electron chi connectivity index (χ4n) is 9.08. The molecule has 5 aliphatic carbocycles. The summed E-state index contributed by atoms with van der Waals surface area (Å²) in [6, 6.07) is 23.0. The molecule has 4 bridgehead atoms. The van der Waals surface area contributed by atoms with Crippen LogP contribution >= 0.6 is 0 Å². The van der Waals surface area contributed by atoms with Crippen molar-refractivity contribution in [1.29, 1.82) is 0 Å². The minimum Gasteiger partial charge on any atom is -0.481 e. The summed E-state index contributed by atoms with van der Waals surface area (Å²) >= 11 is 0. The molecule has 0 radical (unpaired) electrons. The van der Waals surface area contributed by atoms with Gasteiger partial charge in [-0.15, -0.1) is 0 Å². The zero-order valence-electron chi connectivity index (χ0n) is 26.5. The van der Waals surface area contributed by atoms with Crippen molar-refractivity contribution in [3.8, 4) is 11.1 Å². The van der Waals surface area contributed by atoms with Gasteiger partial charge in [0.15, 0.2) is 0 Å². The lowest BCUT2D eigenvalue weighted by Crippen LogP contribution is -2.74. The molecule has 9 rings (SSSR count). The number of benzene rings is 3. The molecule has 5 unspecified atom stereocenters. The summed E-state index contributed by atoms with van der Waals surface area (Å²) in [6.07, 6.45) is -3.77. The molecule has 1 amide bonds. The SMILES string of the molecule is O=C(O)C12CC3CC(CC(C(=O)O)(C1)C3(F)F)C2(F)F.O=C(O)C1Cc2ccccc2CN1C(=O)OCC1c2ccccc2-c2ccccc21. The van der Waals surface area contributed by atoms with E-state index in [2.05, 4.69) is 24.3 Å². The monoisotopic (exact) mass is 695 g/mol. The number of hydrogen-bond donors (Lipinski definition) is 3. The Labute approximate surface area is 283 Å². The van der Waals surface area contributed by atoms with Crippen LogP contribution in [0.4, 0.5) is 22.4 Å². The molecule has 3 N–H and O–H groups in total. The Morgan fingerprint density at radius 1 is 0.720 bits per heavy atom. The van der Waals surface area contributed by atoms with Crippen molar-refractivity contribution in [3.05, 3.63) is 95.1 Å². The van der Waals surface area contributed by atoms with E-state index in [1.807, 2.05) is 48.5 Å². The molecular weight excluding hydrogens is 662 g/mol. The Kier molecular flexibility index (Phi) is 7.76. The van der Waals surface area contributed by atoms with E-state index in [0.717, 1.165) is 33.4 Å². The smallest absolute Gasteiger partial charge is 0.410 e. The van der Waals surface area contributed by atoms with Gasteiger partial charge in [0.2, 0.25) is 0 Å². The second-order valence-corrected chi connectivity index (χ2v) is 14.0. The number of nitrogens with zero attached hydrogens (tertiary/aromatic N) is 1. The topological polar surface area (TPSA) is 141 Å². The second-order valence-electron chi connectivity index (χ2n) is 14.0. The molecule has 1 heterocycles. The predicted octanol–water partition coefficient (Wildman–Crippen LogP) is 6.68. The second kappa shape index (κ2) is 11.6. The van der Waals surface area contributed by atoms with Gasteiger partial charge in [-0.25, -0.2) is 27.2 Å². The molecule has 1 aliphatic heterocycles. The van der Waals surface area contributed by atoms with Crippen LogP contribution in [-0.4, -0.2) is 68.7 Å². The van der Waals surface area contributed by atoms with Crippen LogP contribution in [0.25, 0.3) is 11.1 Å². The standard InChI is InChI=1S/C25H21NO4.C12H12F4O4/c27-24(28)23-13-16-7-1-2-8-17(16)14-26(23)25(29)30-15-22-20-11-5-3-9-18(20)19-10-4-6-12-21(19)22;13-11(14)5-1-6-3-10(11,8(19)20)4-9(2-5,7(17)18)12(6,15)16/h1-12,22-23H,13-15H2,(H,27,28);5-6H,1-4H2,(H,17,18)(H,19,20). The number of carboxylic acids is 3. The van der Waals surface area contributed by atoms with Gasteiger partial charge in [0, 0.05) is 24.2 Å². The number of carbonyl (C=O) groups excluding carboxylic acids is 1. The van der Waals surface area contributed by atoms with E-state index >= 15 is 0 Å². The minimum absolute atomic E-state index is 0.0540. The molecular formula is C37H33F4NO8. The molecule has 3 aromatic carbocycles. The van der Waals surface area contributed by atoms with Crippen LogP contribution in [0.3, 0.4) is 0 Å². The Morgan fingerprint density at radius 3 is 1.70 bits per heavy atom. The highest BCUT2D eigenvalue weighted by molar-refractivity contribution is 5.84. The van der Waals surface area contributed by atoms with Crippen LogP contribution in [0, 0.1) is 22.7 Å². The third-order valence-corrected chi connectivity index (χ3v) is 11.6. The number of fused-ring (bicyclic) bond motifs is 4. The summed E-state index contributed by atoms with van der Waals surface area (Å²) < 4.78 is 62.8. The Hall–Kier alpha value is -4.94. The molecule has 262 valence electrons. The molecule has 5 atom stereocenters. The van der Waals surface area contributed by atoms with Gasteiger partial charge in [-0.3, -0.25) is 14.5 Å². The first-order valence-corrected chi connectivity index (χ1v) is 16.3. The third-order valence-electron chi connectivity index (χ3n) is 11.6. The number of rotatable bonds is 5. The Bertz CT molecular complexity index is 1830. The molecule has 6 aliphatic rings. The molecule has 50 heavy (non-hydrogen) atoms. The lowest BCUT2D eigenvalue weighted by Gasteiger charge is -2.64. The van der Waals surface area contributed by atoms with Crippen molar-refractivity contribution in [2.75, 3.05) is 6.61 Å². The normalized spacial score (nSPS) is 29.1. The molecule has 13 heteroatoms. The van der Waals surface area contributed by atoms with E-state index in [4.69, 9.17) is 14.9 Å². The van der Waals surface area contributed by atoms with Gasteiger partial charge in [-0.2, -0.15) is 0 Å². The van der Waals surface area contributed by atoms with Crippen LogP contribution < -0.4 is 0 Å². The quantitative estimate of drug-likeness (QED) is 0.251. The van der Waals surface area contributed by atoms with E-state index in [1.165, 1.54) is 4.90 Å². The fourth-order valence-corrected chi connectivity index (χ4v) is 9.08. The van der Waals surface area contributed by atoms with E-state index in [-0.39, 0.29) is 25.5 Å². The van der Waals surface area contributed by atoms with Crippen molar-refractivity contribution in [1.82, 2.24) is 4.90 Å². The molecule has 0 aromatic heterocycles. The highest BCUT2D eigenvalue weighted by atomic mass is 19.3. The van der Waals surface area contributed by atoms with E-state index in [9.17, 15) is 41.8 Å². The van der Waals surface area contributed by atoms with Crippen molar-refractivity contribution in [2.24, 2.45) is 22.7 Å². The van der Waals surface area contributed by atoms with Crippen molar-refractivity contribution in [3.63, 3.8) is 0 Å². The number of carbonyl (C=O) groups is 4. The van der Waals surface area contributed by atoms with Crippen LogP contribution in [-0.2, 0) is 32.1 Å². The number of aliphatic carboxylic acids is 3.